The largest absolute Gasteiger partial charge is 0.355 e. The summed E-state index contributed by atoms with van der Waals surface area (Å²) < 4.78 is 33.4. The number of primary amides is 1. The summed E-state index contributed by atoms with van der Waals surface area (Å²) in [5.41, 5.74) is 6.68. The Hall–Kier alpha value is -5.20. The lowest BCUT2D eigenvalue weighted by molar-refractivity contribution is -0.128. The number of rotatable bonds is 3. The van der Waals surface area contributed by atoms with Crippen LogP contribution in [0.5, 0.6) is 0 Å². The van der Waals surface area contributed by atoms with Gasteiger partial charge in [0.1, 0.15) is 23.1 Å². The van der Waals surface area contributed by atoms with Crippen LogP contribution in [0.2, 0.25) is 0 Å². The number of carbonyl (C=O) groups is 2. The first kappa shape index (κ1) is 31.8. The van der Waals surface area contributed by atoms with Crippen LogP contribution in [0.25, 0.3) is 28.0 Å². The highest BCUT2D eigenvalue weighted by molar-refractivity contribution is 5.91. The number of hydrogen-bond acceptors (Lipinski definition) is 7. The molecule has 2 aliphatic heterocycles. The fraction of sp³-hybridized carbons (Fsp3) is 0.353. The summed E-state index contributed by atoms with van der Waals surface area (Å²) in [5, 5.41) is 0.242. The summed E-state index contributed by atoms with van der Waals surface area (Å²) in [7, 11) is 0. The second-order valence-electron chi connectivity index (χ2n) is 12.4. The lowest BCUT2D eigenvalue weighted by Crippen LogP contribution is -2.58. The molecular formula is C34H36F2N8O3. The van der Waals surface area contributed by atoms with E-state index in [2.05, 4.69) is 16.5 Å². The zero-order valence-electron chi connectivity index (χ0n) is 26.7. The lowest BCUT2D eigenvalue weighted by Gasteiger charge is -2.44. The van der Waals surface area contributed by atoms with Crippen LogP contribution in [-0.2, 0) is 17.8 Å². The Kier molecular flexibility index (Phi) is 8.24. The van der Waals surface area contributed by atoms with E-state index in [1.807, 2.05) is 32.6 Å². The summed E-state index contributed by atoms with van der Waals surface area (Å²) in [6, 6.07) is 5.96. The molecule has 13 heteroatoms. The van der Waals surface area contributed by atoms with Crippen molar-refractivity contribution in [3.63, 3.8) is 0 Å². The first-order chi connectivity index (χ1) is 22.4. The number of benzene rings is 1. The van der Waals surface area contributed by atoms with Crippen molar-refractivity contribution in [2.24, 2.45) is 5.73 Å². The highest BCUT2D eigenvalue weighted by Gasteiger charge is 2.35. The Balaban J connectivity index is 1.70. The minimum absolute atomic E-state index is 0.0820. The summed E-state index contributed by atoms with van der Waals surface area (Å²) in [4.78, 5) is 58.2. The van der Waals surface area contributed by atoms with E-state index in [0.29, 0.717) is 35.6 Å². The standard InChI is InChI=1S/C34H36F2N8O3/c1-6-26(45)42-15-20(5)43(16-19(42)4)31-23-14-25(36)29-27-22(8-7-9-24(27)35)17-41(33(37)46)13-11-21-10-12-38-28(18(2)3)30(21)44(32(23)39-29)34(47)40-31/h6-10,12,14,18-20H,1,11,13,15-17H2,2-5H3,(H2,37,46)/t19-,20+/m1/s1. The Labute approximate surface area is 270 Å². The van der Waals surface area contributed by atoms with E-state index in [1.54, 1.807) is 23.2 Å². The highest BCUT2D eigenvalue weighted by atomic mass is 19.1. The van der Waals surface area contributed by atoms with Crippen LogP contribution in [0, 0.1) is 11.6 Å². The zero-order chi connectivity index (χ0) is 33.7. The number of pyridine rings is 2. The second kappa shape index (κ2) is 12.2. The molecule has 2 aliphatic rings. The number of aromatic nitrogens is 4. The quantitative estimate of drug-likeness (QED) is 0.330. The zero-order valence-corrected chi connectivity index (χ0v) is 26.7. The maximum atomic E-state index is 16.4. The number of urea groups is 1. The smallest absolute Gasteiger partial charge is 0.351 e. The Morgan fingerprint density at radius 3 is 2.53 bits per heavy atom. The van der Waals surface area contributed by atoms with Gasteiger partial charge in [-0.05, 0) is 61.6 Å². The fourth-order valence-corrected chi connectivity index (χ4v) is 6.64. The minimum Gasteiger partial charge on any atom is -0.351 e. The monoisotopic (exact) mass is 642 g/mol. The summed E-state index contributed by atoms with van der Waals surface area (Å²) in [6.45, 7) is 11.9. The maximum Gasteiger partial charge on any atom is 0.355 e. The van der Waals surface area contributed by atoms with Gasteiger partial charge in [-0.1, -0.05) is 32.6 Å². The molecule has 47 heavy (non-hydrogen) atoms. The van der Waals surface area contributed by atoms with Crippen LogP contribution in [0.3, 0.4) is 0 Å². The second-order valence-corrected chi connectivity index (χ2v) is 12.4. The van der Waals surface area contributed by atoms with E-state index in [1.165, 1.54) is 33.7 Å². The fourth-order valence-electron chi connectivity index (χ4n) is 6.64. The third-order valence-corrected chi connectivity index (χ3v) is 8.98. The molecule has 0 spiro atoms. The van der Waals surface area contributed by atoms with Crippen LogP contribution in [0.1, 0.15) is 50.4 Å². The number of amides is 3. The van der Waals surface area contributed by atoms with E-state index in [4.69, 9.17) is 10.7 Å². The number of nitrogens with zero attached hydrogens (tertiary/aromatic N) is 7. The topological polar surface area (TPSA) is 131 Å². The van der Waals surface area contributed by atoms with Gasteiger partial charge in [-0.25, -0.2) is 27.9 Å². The molecule has 0 aliphatic carbocycles. The molecule has 4 aromatic rings. The first-order valence-corrected chi connectivity index (χ1v) is 15.5. The number of hydrogen-bond donors (Lipinski definition) is 1. The molecule has 244 valence electrons. The minimum atomic E-state index is -0.837. The van der Waals surface area contributed by atoms with E-state index >= 15 is 8.78 Å². The lowest BCUT2D eigenvalue weighted by atomic mass is 9.99. The van der Waals surface area contributed by atoms with Crippen molar-refractivity contribution in [3.8, 4) is 16.9 Å². The molecule has 6 rings (SSSR count). The molecule has 1 fully saturated rings. The molecule has 11 nitrogen and oxygen atoms in total. The maximum absolute atomic E-state index is 16.4. The molecule has 1 saturated heterocycles. The van der Waals surface area contributed by atoms with E-state index in [9.17, 15) is 14.4 Å². The SMILES string of the molecule is C=CC(=O)N1C[C@H](C)N(c2nc(=O)n3c4nc(c(F)cc24)-c2c(F)cccc2CN(C(N)=O)CCc2ccnc(C(C)C)c2-3)C[C@H]1C. The van der Waals surface area contributed by atoms with E-state index < -0.39 is 23.4 Å². The molecule has 2 atom stereocenters. The average Bonchev–Trinajstić information content (AvgIpc) is 3.02. The van der Waals surface area contributed by atoms with Gasteiger partial charge in [0.15, 0.2) is 5.65 Å². The van der Waals surface area contributed by atoms with Crippen LogP contribution < -0.4 is 16.3 Å². The molecule has 3 aromatic heterocycles. The molecule has 3 amide bonds. The Morgan fingerprint density at radius 1 is 1.06 bits per heavy atom. The molecule has 0 unspecified atom stereocenters. The van der Waals surface area contributed by atoms with E-state index in [0.717, 1.165) is 0 Å². The molecule has 0 saturated carbocycles. The number of halogens is 2. The number of piperazine rings is 1. The molecular weight excluding hydrogens is 606 g/mol. The van der Waals surface area contributed by atoms with E-state index in [-0.39, 0.29) is 71.5 Å². The van der Waals surface area contributed by atoms with Crippen molar-refractivity contribution < 1.29 is 18.4 Å². The average molecular weight is 643 g/mol. The van der Waals surface area contributed by atoms with Crippen molar-refractivity contribution in [1.82, 2.24) is 29.3 Å². The van der Waals surface area contributed by atoms with Gasteiger partial charge in [-0.3, -0.25) is 9.78 Å². The highest BCUT2D eigenvalue weighted by Crippen LogP contribution is 2.36. The predicted octanol–water partition coefficient (Wildman–Crippen LogP) is 4.29. The van der Waals surface area contributed by atoms with Gasteiger partial charge in [0.05, 0.1) is 16.8 Å². The number of nitrogens with two attached hydrogens (primary N) is 1. The van der Waals surface area contributed by atoms with Crippen LogP contribution >= 0.6 is 0 Å². The van der Waals surface area contributed by atoms with Crippen molar-refractivity contribution in [2.45, 2.75) is 58.7 Å². The molecule has 1 aromatic carbocycles. The van der Waals surface area contributed by atoms with Crippen molar-refractivity contribution in [1.29, 1.82) is 0 Å². The Bertz CT molecular complexity index is 1990. The summed E-state index contributed by atoms with van der Waals surface area (Å²) >= 11 is 0. The van der Waals surface area contributed by atoms with Gasteiger partial charge < -0.3 is 20.4 Å². The van der Waals surface area contributed by atoms with Gasteiger partial charge in [-0.15, -0.1) is 0 Å². The van der Waals surface area contributed by atoms with Gasteiger partial charge in [0.25, 0.3) is 0 Å². The first-order valence-electron chi connectivity index (χ1n) is 15.5. The van der Waals surface area contributed by atoms with Crippen molar-refractivity contribution in [3.05, 3.63) is 88.1 Å². The van der Waals surface area contributed by atoms with Gasteiger partial charge >= 0.3 is 11.7 Å². The molecule has 0 radical (unpaired) electrons. The molecule has 5 heterocycles. The number of carbonyl (C=O) groups excluding carboxylic acids is 2. The predicted molar refractivity (Wildman–Crippen MR) is 174 cm³/mol. The van der Waals surface area contributed by atoms with Crippen LogP contribution in [-0.4, -0.2) is 73.0 Å². The Morgan fingerprint density at radius 2 is 1.83 bits per heavy atom. The van der Waals surface area contributed by atoms with Crippen LogP contribution in [0.4, 0.5) is 19.4 Å². The summed E-state index contributed by atoms with van der Waals surface area (Å²) in [5.74, 6) is -1.73. The molecule has 2 N–H and O–H groups in total. The number of anilines is 1. The van der Waals surface area contributed by atoms with Gasteiger partial charge in [-0.2, -0.15) is 4.98 Å². The third-order valence-electron chi connectivity index (χ3n) is 8.98. The molecule has 2 bridgehead atoms. The van der Waals surface area contributed by atoms with Crippen molar-refractivity contribution >= 4 is 28.8 Å². The van der Waals surface area contributed by atoms with Crippen LogP contribution in [0.15, 0.2) is 54.0 Å². The normalized spacial score (nSPS) is 18.1. The number of fused-ring (bicyclic) bond motifs is 5. The van der Waals surface area contributed by atoms with Crippen molar-refractivity contribution in [2.75, 3.05) is 24.5 Å². The summed E-state index contributed by atoms with van der Waals surface area (Å²) in [6.07, 6.45) is 3.18. The van der Waals surface area contributed by atoms with Gasteiger partial charge in [0, 0.05) is 50.0 Å². The third kappa shape index (κ3) is 5.49. The van der Waals surface area contributed by atoms with Gasteiger partial charge in [0.2, 0.25) is 5.91 Å².